The maximum absolute atomic E-state index is 13.3. The summed E-state index contributed by atoms with van der Waals surface area (Å²) >= 11 is 0. The van der Waals surface area contributed by atoms with Crippen LogP contribution in [0.5, 0.6) is 5.75 Å². The molecule has 11 nitrogen and oxygen atoms in total. The number of aromatic hydroxyl groups is 1. The number of hydrogen-bond donors (Lipinski definition) is 6. The van der Waals surface area contributed by atoms with Crippen LogP contribution in [0.15, 0.2) is 54.6 Å². The molecule has 0 radical (unpaired) electrons. The summed E-state index contributed by atoms with van der Waals surface area (Å²) in [6.07, 6.45) is -0.866. The summed E-state index contributed by atoms with van der Waals surface area (Å²) < 4.78 is 0. The minimum absolute atomic E-state index is 0.0816. The van der Waals surface area contributed by atoms with Gasteiger partial charge >= 0.3 is 0 Å². The van der Waals surface area contributed by atoms with E-state index in [1.165, 1.54) is 31.0 Å². The number of aliphatic hydroxyl groups is 1. The molecule has 0 bridgehead atoms. The van der Waals surface area contributed by atoms with Gasteiger partial charge in [0.25, 0.3) is 5.91 Å². The lowest BCUT2D eigenvalue weighted by Crippen LogP contribution is -2.59. The Morgan fingerprint density at radius 3 is 1.76 bits per heavy atom. The normalized spacial score (nSPS) is 14.1. The van der Waals surface area contributed by atoms with Crippen LogP contribution in [-0.2, 0) is 32.1 Å². The van der Waals surface area contributed by atoms with Crippen LogP contribution in [-0.4, -0.2) is 69.6 Å². The second-order valence-electron chi connectivity index (χ2n) is 11.2. The molecule has 0 unspecified atom stereocenters. The van der Waals surface area contributed by atoms with Crippen molar-refractivity contribution in [3.05, 3.63) is 65.7 Å². The molecule has 42 heavy (non-hydrogen) atoms. The Bertz CT molecular complexity index is 1170. The van der Waals surface area contributed by atoms with Gasteiger partial charge in [-0.1, -0.05) is 70.2 Å². The summed E-state index contributed by atoms with van der Waals surface area (Å²) in [6.45, 7) is 10.0. The van der Waals surface area contributed by atoms with E-state index in [1.807, 2.05) is 58.0 Å². The van der Waals surface area contributed by atoms with Crippen molar-refractivity contribution in [1.82, 2.24) is 26.4 Å². The van der Waals surface area contributed by atoms with Gasteiger partial charge in [-0.2, -0.15) is 0 Å². The standard InChI is InChI=1S/C31H45N5O6/c1-19(2)28(32-21(5)37)30(41)34-26(16-23-10-8-7-9-11-23)27(40)18-36(17-24-12-14-25(39)15-13-24)35-31(42)29(20(3)4)33-22(6)38/h7-15,19-20,26-29,39-40H,16-18H2,1-6H3,(H,32,37)(H,33,38)(H,34,41)(H,35,42)/t26-,27-,28-,29-/m0/s1. The number of phenolic OH excluding ortho intramolecular Hbond substituents is 1. The third kappa shape index (κ3) is 11.5. The van der Waals surface area contributed by atoms with E-state index < -0.39 is 36.0 Å². The molecule has 0 aromatic heterocycles. The number of carbonyl (C=O) groups excluding carboxylic acids is 4. The van der Waals surface area contributed by atoms with Gasteiger partial charge in [0.1, 0.15) is 17.8 Å². The van der Waals surface area contributed by atoms with Crippen molar-refractivity contribution >= 4 is 23.6 Å². The smallest absolute Gasteiger partial charge is 0.257 e. The highest BCUT2D eigenvalue weighted by atomic mass is 16.3. The molecule has 230 valence electrons. The summed E-state index contributed by atoms with van der Waals surface area (Å²) in [4.78, 5) is 50.1. The quantitative estimate of drug-likeness (QED) is 0.174. The first kappa shape index (κ1) is 34.2. The second kappa shape index (κ2) is 16.5. The van der Waals surface area contributed by atoms with Crippen molar-refractivity contribution in [1.29, 1.82) is 0 Å². The van der Waals surface area contributed by atoms with Gasteiger partial charge in [-0.15, -0.1) is 0 Å². The zero-order chi connectivity index (χ0) is 31.4. The summed E-state index contributed by atoms with van der Waals surface area (Å²) in [5.41, 5.74) is 4.45. The molecule has 0 saturated carbocycles. The van der Waals surface area contributed by atoms with Crippen LogP contribution in [0, 0.1) is 11.8 Å². The minimum Gasteiger partial charge on any atom is -0.508 e. The van der Waals surface area contributed by atoms with Crippen LogP contribution >= 0.6 is 0 Å². The van der Waals surface area contributed by atoms with E-state index in [1.54, 1.807) is 12.1 Å². The number of hydrazine groups is 1. The van der Waals surface area contributed by atoms with E-state index in [9.17, 15) is 29.4 Å². The molecule has 11 heteroatoms. The highest BCUT2D eigenvalue weighted by Crippen LogP contribution is 2.14. The van der Waals surface area contributed by atoms with E-state index >= 15 is 0 Å². The van der Waals surface area contributed by atoms with Crippen molar-refractivity contribution in [3.63, 3.8) is 0 Å². The van der Waals surface area contributed by atoms with Crippen molar-refractivity contribution in [2.45, 2.75) is 78.7 Å². The van der Waals surface area contributed by atoms with E-state index in [2.05, 4.69) is 21.4 Å². The fourth-order valence-electron chi connectivity index (χ4n) is 4.48. The van der Waals surface area contributed by atoms with Gasteiger partial charge in [-0.05, 0) is 41.5 Å². The average Bonchev–Trinajstić information content (AvgIpc) is 2.91. The molecule has 0 aliphatic rings. The minimum atomic E-state index is -1.16. The Balaban J connectivity index is 2.35. The monoisotopic (exact) mass is 583 g/mol. The SMILES string of the molecule is CC(=O)N[C@H](C(=O)N[C@@H](Cc1ccccc1)[C@@H](O)CN(Cc1ccc(O)cc1)NC(=O)[C@@H](NC(C)=O)C(C)C)C(C)C. The molecule has 0 fully saturated rings. The van der Waals surface area contributed by atoms with Gasteiger partial charge in [-0.25, -0.2) is 5.01 Å². The molecule has 2 aromatic carbocycles. The zero-order valence-corrected chi connectivity index (χ0v) is 25.3. The van der Waals surface area contributed by atoms with Crippen LogP contribution in [0.25, 0.3) is 0 Å². The highest BCUT2D eigenvalue weighted by Gasteiger charge is 2.31. The van der Waals surface area contributed by atoms with Gasteiger partial charge in [0, 0.05) is 26.9 Å². The Morgan fingerprint density at radius 2 is 1.26 bits per heavy atom. The molecule has 0 aliphatic heterocycles. The molecule has 6 N–H and O–H groups in total. The second-order valence-corrected chi connectivity index (χ2v) is 11.2. The summed E-state index contributed by atoms with van der Waals surface area (Å²) in [7, 11) is 0. The fourth-order valence-corrected chi connectivity index (χ4v) is 4.48. The lowest BCUT2D eigenvalue weighted by atomic mass is 9.98. The topological polar surface area (TPSA) is 160 Å². The lowest BCUT2D eigenvalue weighted by Gasteiger charge is -2.33. The Kier molecular flexibility index (Phi) is 13.4. The number of carbonyl (C=O) groups is 4. The lowest BCUT2D eigenvalue weighted by molar-refractivity contribution is -0.134. The van der Waals surface area contributed by atoms with E-state index in [0.29, 0.717) is 6.42 Å². The third-order valence-electron chi connectivity index (χ3n) is 6.69. The van der Waals surface area contributed by atoms with Crippen molar-refractivity contribution in [3.8, 4) is 5.75 Å². The molecule has 0 saturated heterocycles. The average molecular weight is 584 g/mol. The number of hydrogen-bond acceptors (Lipinski definition) is 7. The van der Waals surface area contributed by atoms with E-state index in [-0.39, 0.29) is 42.5 Å². The summed E-state index contributed by atoms with van der Waals surface area (Å²) in [5, 5.41) is 31.0. The molecule has 0 heterocycles. The van der Waals surface area contributed by atoms with Gasteiger partial charge in [-0.3, -0.25) is 24.6 Å². The van der Waals surface area contributed by atoms with Gasteiger partial charge < -0.3 is 26.2 Å². The van der Waals surface area contributed by atoms with Crippen molar-refractivity contribution < 1.29 is 29.4 Å². The Morgan fingerprint density at radius 1 is 0.738 bits per heavy atom. The predicted molar refractivity (Wildman–Crippen MR) is 160 cm³/mol. The predicted octanol–water partition coefficient (Wildman–Crippen LogP) is 1.64. The van der Waals surface area contributed by atoms with Crippen LogP contribution in [0.1, 0.15) is 52.7 Å². The molecular weight excluding hydrogens is 538 g/mol. The number of rotatable bonds is 15. The number of benzene rings is 2. The third-order valence-corrected chi connectivity index (χ3v) is 6.69. The molecule has 0 aliphatic carbocycles. The van der Waals surface area contributed by atoms with E-state index in [4.69, 9.17) is 0 Å². The summed E-state index contributed by atoms with van der Waals surface area (Å²) in [6, 6.07) is 13.4. The molecule has 2 aromatic rings. The number of aliphatic hydroxyl groups excluding tert-OH is 1. The summed E-state index contributed by atoms with van der Waals surface area (Å²) in [5.74, 6) is -1.90. The largest absolute Gasteiger partial charge is 0.508 e. The van der Waals surface area contributed by atoms with Crippen LogP contribution in [0.4, 0.5) is 0 Å². The Labute approximate surface area is 248 Å². The first-order chi connectivity index (χ1) is 19.8. The van der Waals surface area contributed by atoms with Crippen LogP contribution < -0.4 is 21.4 Å². The van der Waals surface area contributed by atoms with Crippen molar-refractivity contribution in [2.24, 2.45) is 11.8 Å². The molecule has 4 atom stereocenters. The first-order valence-corrected chi connectivity index (χ1v) is 14.2. The first-order valence-electron chi connectivity index (χ1n) is 14.2. The molecule has 4 amide bonds. The van der Waals surface area contributed by atoms with Crippen LogP contribution in [0.2, 0.25) is 0 Å². The van der Waals surface area contributed by atoms with E-state index in [0.717, 1.165) is 11.1 Å². The fraction of sp³-hybridized carbons (Fsp3) is 0.484. The van der Waals surface area contributed by atoms with Crippen molar-refractivity contribution in [2.75, 3.05) is 6.54 Å². The number of amides is 4. The van der Waals surface area contributed by atoms with Gasteiger partial charge in [0.05, 0.1) is 12.1 Å². The van der Waals surface area contributed by atoms with Crippen LogP contribution in [0.3, 0.4) is 0 Å². The highest BCUT2D eigenvalue weighted by molar-refractivity contribution is 5.87. The number of nitrogens with zero attached hydrogens (tertiary/aromatic N) is 1. The molecular formula is C31H45N5O6. The molecule has 2 rings (SSSR count). The number of nitrogens with one attached hydrogen (secondary N) is 4. The maximum Gasteiger partial charge on any atom is 0.257 e. The maximum atomic E-state index is 13.3. The molecule has 0 spiro atoms. The zero-order valence-electron chi connectivity index (χ0n) is 25.3. The Hall–Kier alpha value is -3.96. The number of phenols is 1. The van der Waals surface area contributed by atoms with Gasteiger partial charge in [0.2, 0.25) is 17.7 Å². The van der Waals surface area contributed by atoms with Gasteiger partial charge in [0.15, 0.2) is 0 Å².